The minimum Gasteiger partial charge on any atom is -0.455 e. The Bertz CT molecular complexity index is 2500. The normalized spacial score (nSPS) is 11.7. The van der Waals surface area contributed by atoms with Crippen LogP contribution in [0.5, 0.6) is 0 Å². The van der Waals surface area contributed by atoms with Crippen molar-refractivity contribution in [1.82, 2.24) is 9.55 Å². The van der Waals surface area contributed by atoms with Crippen LogP contribution in [-0.2, 0) is 0 Å². The van der Waals surface area contributed by atoms with Crippen LogP contribution in [0.4, 0.5) is 0 Å². The number of benzene rings is 6. The Kier molecular flexibility index (Phi) is 7.19. The number of rotatable bonds is 6. The molecule has 2 aromatic heterocycles. The van der Waals surface area contributed by atoms with E-state index in [0.29, 0.717) is 5.56 Å². The second-order valence-corrected chi connectivity index (χ2v) is 13.1. The molecular formula is C44H35N3O. The monoisotopic (exact) mass is 621 g/mol. The number of hydrogen-bond acceptors (Lipinski definition) is 3. The lowest BCUT2D eigenvalue weighted by molar-refractivity contribution is 0.669. The van der Waals surface area contributed by atoms with Crippen LogP contribution >= 0.6 is 0 Å². The van der Waals surface area contributed by atoms with E-state index in [1.165, 1.54) is 27.9 Å². The van der Waals surface area contributed by atoms with Crippen LogP contribution in [0.15, 0.2) is 132 Å². The molecule has 0 unspecified atom stereocenters. The summed E-state index contributed by atoms with van der Waals surface area (Å²) in [5.74, 6) is 1.41. The predicted octanol–water partition coefficient (Wildman–Crippen LogP) is 12.0. The van der Waals surface area contributed by atoms with Crippen molar-refractivity contribution < 1.29 is 4.42 Å². The molecule has 0 aliphatic rings. The smallest absolute Gasteiger partial charge is 0.149 e. The maximum Gasteiger partial charge on any atom is 0.149 e. The molecule has 0 saturated heterocycles. The van der Waals surface area contributed by atoms with Crippen molar-refractivity contribution in [3.05, 3.63) is 144 Å². The fourth-order valence-electron chi connectivity index (χ4n) is 6.97. The quantitative estimate of drug-likeness (QED) is 0.186. The lowest BCUT2D eigenvalue weighted by Gasteiger charge is -2.24. The molecule has 0 atom stereocenters. The van der Waals surface area contributed by atoms with E-state index in [-0.39, 0.29) is 11.8 Å². The number of furan rings is 1. The van der Waals surface area contributed by atoms with Crippen LogP contribution in [0, 0.1) is 11.3 Å². The molecule has 8 aromatic rings. The van der Waals surface area contributed by atoms with Crippen LogP contribution in [-0.4, -0.2) is 9.55 Å². The van der Waals surface area contributed by atoms with Gasteiger partial charge in [0.05, 0.1) is 33.9 Å². The zero-order chi connectivity index (χ0) is 32.9. The fraction of sp³-hybridized carbons (Fsp3) is 0.136. The molecule has 4 nitrogen and oxygen atoms in total. The van der Waals surface area contributed by atoms with Gasteiger partial charge in [0.1, 0.15) is 17.0 Å². The third-order valence-electron chi connectivity index (χ3n) is 9.37. The second kappa shape index (κ2) is 11.7. The van der Waals surface area contributed by atoms with E-state index in [1.54, 1.807) is 0 Å². The van der Waals surface area contributed by atoms with E-state index in [0.717, 1.165) is 55.5 Å². The Morgan fingerprint density at radius 2 is 1.31 bits per heavy atom. The summed E-state index contributed by atoms with van der Waals surface area (Å²) in [5.41, 5.74) is 13.4. The molecular weight excluding hydrogens is 587 g/mol. The molecule has 0 amide bonds. The number of nitrogens with zero attached hydrogens (tertiary/aromatic N) is 3. The highest BCUT2D eigenvalue weighted by molar-refractivity contribution is 6.10. The summed E-state index contributed by atoms with van der Waals surface area (Å²) < 4.78 is 9.13. The van der Waals surface area contributed by atoms with Crippen LogP contribution in [0.2, 0.25) is 0 Å². The summed E-state index contributed by atoms with van der Waals surface area (Å²) in [6.07, 6.45) is 0. The second-order valence-electron chi connectivity index (χ2n) is 13.1. The van der Waals surface area contributed by atoms with Gasteiger partial charge in [0.15, 0.2) is 0 Å². The zero-order valence-corrected chi connectivity index (χ0v) is 27.5. The summed E-state index contributed by atoms with van der Waals surface area (Å²) in [6, 6.07) is 46.4. The van der Waals surface area contributed by atoms with Gasteiger partial charge in [-0.2, -0.15) is 5.26 Å². The van der Waals surface area contributed by atoms with E-state index in [4.69, 9.17) is 9.40 Å². The molecule has 232 valence electrons. The van der Waals surface area contributed by atoms with Crippen LogP contribution in [0.3, 0.4) is 0 Å². The predicted molar refractivity (Wildman–Crippen MR) is 198 cm³/mol. The maximum absolute atomic E-state index is 9.46. The SMILES string of the molecule is CC(C)c1cc(-c2ccccc2)cc(C(C)C)c1-n1c(-c2cccc3c2oc2cc(-c4cccc(C#N)c4)ccc23)nc2ccccc21. The molecule has 4 heteroatoms. The Hall–Kier alpha value is -5.92. The van der Waals surface area contributed by atoms with Gasteiger partial charge in [-0.05, 0) is 99.8 Å². The van der Waals surface area contributed by atoms with Gasteiger partial charge in [0.25, 0.3) is 0 Å². The maximum atomic E-state index is 9.46. The van der Waals surface area contributed by atoms with Crippen molar-refractivity contribution >= 4 is 33.0 Å². The first-order valence-corrected chi connectivity index (χ1v) is 16.6. The summed E-state index contributed by atoms with van der Waals surface area (Å²) in [7, 11) is 0. The van der Waals surface area contributed by atoms with E-state index in [2.05, 4.69) is 141 Å². The van der Waals surface area contributed by atoms with Gasteiger partial charge in [-0.25, -0.2) is 4.98 Å². The average Bonchev–Trinajstić information content (AvgIpc) is 3.69. The minimum atomic E-state index is 0.273. The Morgan fingerprint density at radius 3 is 2.06 bits per heavy atom. The van der Waals surface area contributed by atoms with Gasteiger partial charge in [0.2, 0.25) is 0 Å². The third kappa shape index (κ3) is 4.87. The minimum absolute atomic E-state index is 0.273. The van der Waals surface area contributed by atoms with Crippen molar-refractivity contribution in [1.29, 1.82) is 5.26 Å². The largest absolute Gasteiger partial charge is 0.455 e. The number of para-hydroxylation sites is 3. The van der Waals surface area contributed by atoms with Gasteiger partial charge in [-0.1, -0.05) is 100 Å². The van der Waals surface area contributed by atoms with Crippen molar-refractivity contribution in [3.8, 4) is 45.4 Å². The molecule has 2 heterocycles. The highest BCUT2D eigenvalue weighted by Gasteiger charge is 2.25. The lowest BCUT2D eigenvalue weighted by Crippen LogP contribution is -2.09. The molecule has 0 bridgehead atoms. The molecule has 48 heavy (non-hydrogen) atoms. The lowest BCUT2D eigenvalue weighted by atomic mass is 9.88. The third-order valence-corrected chi connectivity index (χ3v) is 9.37. The number of aromatic nitrogens is 2. The molecule has 0 aliphatic carbocycles. The Morgan fingerprint density at radius 1 is 0.625 bits per heavy atom. The number of hydrogen-bond donors (Lipinski definition) is 0. The van der Waals surface area contributed by atoms with E-state index in [1.807, 2.05) is 24.3 Å². The number of imidazole rings is 1. The first-order chi connectivity index (χ1) is 23.4. The van der Waals surface area contributed by atoms with E-state index in [9.17, 15) is 5.26 Å². The fourth-order valence-corrected chi connectivity index (χ4v) is 6.97. The van der Waals surface area contributed by atoms with Crippen LogP contribution in [0.25, 0.3) is 72.3 Å². The Labute approximate surface area is 280 Å². The number of fused-ring (bicyclic) bond motifs is 4. The van der Waals surface area contributed by atoms with Gasteiger partial charge in [-0.15, -0.1) is 0 Å². The first-order valence-electron chi connectivity index (χ1n) is 16.6. The zero-order valence-electron chi connectivity index (χ0n) is 27.5. The van der Waals surface area contributed by atoms with Crippen molar-refractivity contribution in [2.75, 3.05) is 0 Å². The molecule has 0 radical (unpaired) electrons. The average molecular weight is 622 g/mol. The Balaban J connectivity index is 1.40. The number of nitriles is 1. The molecule has 0 saturated carbocycles. The molecule has 8 rings (SSSR count). The van der Waals surface area contributed by atoms with Gasteiger partial charge in [0, 0.05) is 10.8 Å². The highest BCUT2D eigenvalue weighted by Crippen LogP contribution is 2.43. The van der Waals surface area contributed by atoms with Gasteiger partial charge < -0.3 is 4.42 Å². The molecule has 0 N–H and O–H groups in total. The van der Waals surface area contributed by atoms with E-state index < -0.39 is 0 Å². The van der Waals surface area contributed by atoms with Crippen molar-refractivity contribution in [2.45, 2.75) is 39.5 Å². The van der Waals surface area contributed by atoms with Crippen LogP contribution < -0.4 is 0 Å². The molecule has 0 aliphatic heterocycles. The summed E-state index contributed by atoms with van der Waals surface area (Å²) in [6.45, 7) is 9.11. The van der Waals surface area contributed by atoms with Crippen molar-refractivity contribution in [3.63, 3.8) is 0 Å². The molecule has 0 spiro atoms. The molecule has 6 aromatic carbocycles. The first kappa shape index (κ1) is 29.5. The molecule has 0 fully saturated rings. The van der Waals surface area contributed by atoms with Gasteiger partial charge in [-0.3, -0.25) is 4.57 Å². The summed E-state index contributed by atoms with van der Waals surface area (Å²) >= 11 is 0. The summed E-state index contributed by atoms with van der Waals surface area (Å²) in [4.78, 5) is 5.32. The standard InChI is InChI=1S/C44H35N3O/c1-27(2)37-23-33(30-13-6-5-7-14-30)24-38(28(3)4)42(37)47-40-19-9-8-18-39(40)46-44(47)36-17-11-16-35-34-21-20-32(25-41(34)48-43(35)36)31-15-10-12-29(22-31)26-45/h5-25,27-28H,1-4H3. The van der Waals surface area contributed by atoms with Gasteiger partial charge >= 0.3 is 0 Å². The van der Waals surface area contributed by atoms with Crippen LogP contribution in [0.1, 0.15) is 56.2 Å². The summed E-state index contributed by atoms with van der Waals surface area (Å²) in [5, 5.41) is 11.6. The van der Waals surface area contributed by atoms with Crippen molar-refractivity contribution in [2.24, 2.45) is 0 Å². The topological polar surface area (TPSA) is 54.8 Å². The van der Waals surface area contributed by atoms with E-state index >= 15 is 0 Å². The highest BCUT2D eigenvalue weighted by atomic mass is 16.3.